The van der Waals surface area contributed by atoms with Crippen LogP contribution in [0.5, 0.6) is 0 Å². The number of hydrogen-bond acceptors (Lipinski definition) is 1. The molecule has 0 aromatic heterocycles. The molecule has 0 bridgehead atoms. The van der Waals surface area contributed by atoms with Crippen LogP contribution in [0.2, 0.25) is 10.0 Å². The fourth-order valence-electron chi connectivity index (χ4n) is 2.34. The van der Waals surface area contributed by atoms with E-state index in [1.807, 2.05) is 37.3 Å². The molecule has 0 aliphatic rings. The molecule has 2 aromatic rings. The third-order valence-corrected chi connectivity index (χ3v) is 3.87. The first-order valence-electron chi connectivity index (χ1n) is 6.28. The first kappa shape index (κ1) is 14.9. The topological polar surface area (TPSA) is 29.1 Å². The van der Waals surface area contributed by atoms with Crippen molar-refractivity contribution < 1.29 is 4.79 Å². The smallest absolute Gasteiger partial charge is 0.211 e. The van der Waals surface area contributed by atoms with Crippen LogP contribution in [-0.2, 0) is 4.79 Å². The molecule has 4 heteroatoms. The van der Waals surface area contributed by atoms with Gasteiger partial charge in [-0.3, -0.25) is 4.79 Å². The van der Waals surface area contributed by atoms with Crippen LogP contribution >= 0.6 is 23.2 Å². The maximum atomic E-state index is 10.7. The molecule has 0 aliphatic carbocycles. The molecule has 1 N–H and O–H groups in total. The number of benzene rings is 2. The summed E-state index contributed by atoms with van der Waals surface area (Å²) >= 11 is 12.1. The van der Waals surface area contributed by atoms with Gasteiger partial charge in [-0.15, -0.1) is 0 Å². The highest BCUT2D eigenvalue weighted by Gasteiger charge is 2.15. The van der Waals surface area contributed by atoms with Crippen molar-refractivity contribution in [2.24, 2.45) is 0 Å². The summed E-state index contributed by atoms with van der Waals surface area (Å²) in [4.78, 5) is 10.7. The van der Waals surface area contributed by atoms with Gasteiger partial charge in [0.25, 0.3) is 0 Å². The molecule has 0 spiro atoms. The van der Waals surface area contributed by atoms with Gasteiger partial charge in [-0.05, 0) is 47.9 Å². The monoisotopic (exact) mass is 307 g/mol. The van der Waals surface area contributed by atoms with Gasteiger partial charge in [0.2, 0.25) is 6.41 Å². The Morgan fingerprint density at radius 2 is 1.70 bits per heavy atom. The molecule has 0 heterocycles. The van der Waals surface area contributed by atoms with Crippen molar-refractivity contribution in [3.63, 3.8) is 0 Å². The minimum absolute atomic E-state index is 0.105. The van der Waals surface area contributed by atoms with E-state index in [9.17, 15) is 4.79 Å². The van der Waals surface area contributed by atoms with E-state index in [-0.39, 0.29) is 5.92 Å². The molecule has 0 aliphatic heterocycles. The number of aryl methyl sites for hydroxylation is 1. The predicted octanol–water partition coefficient (Wildman–Crippen LogP) is 5.02. The number of halogens is 2. The zero-order valence-electron chi connectivity index (χ0n) is 11.3. The lowest BCUT2D eigenvalue weighted by molar-refractivity contribution is -0.105. The fourth-order valence-corrected chi connectivity index (χ4v) is 2.69. The van der Waals surface area contributed by atoms with Gasteiger partial charge in [-0.2, -0.15) is 0 Å². The average Bonchev–Trinajstić information content (AvgIpc) is 2.41. The molecule has 0 saturated carbocycles. The van der Waals surface area contributed by atoms with Crippen molar-refractivity contribution in [2.75, 3.05) is 5.32 Å². The van der Waals surface area contributed by atoms with E-state index in [1.54, 1.807) is 6.07 Å². The molecule has 1 amide bonds. The number of anilines is 1. The van der Waals surface area contributed by atoms with E-state index in [0.29, 0.717) is 16.5 Å². The number of amides is 1. The van der Waals surface area contributed by atoms with Crippen molar-refractivity contribution in [2.45, 2.75) is 19.8 Å². The Balaban J connectivity index is 2.49. The summed E-state index contributed by atoms with van der Waals surface area (Å²) in [5, 5.41) is 4.00. The summed E-state index contributed by atoms with van der Waals surface area (Å²) in [6, 6.07) is 11.3. The molecule has 104 valence electrons. The molecule has 1 unspecified atom stereocenters. The molecule has 2 rings (SSSR count). The van der Waals surface area contributed by atoms with Gasteiger partial charge in [0.1, 0.15) is 0 Å². The standard InChI is InChI=1S/C16H15Cl2NO/c1-10-3-4-12(17)7-15(10)11(2)14-6-5-13(18)8-16(14)19-9-20/h3-9,11H,1-2H3,(H,19,20). The van der Waals surface area contributed by atoms with Crippen molar-refractivity contribution in [3.05, 3.63) is 63.1 Å². The van der Waals surface area contributed by atoms with Crippen LogP contribution in [0, 0.1) is 6.92 Å². The second-order valence-corrected chi connectivity index (χ2v) is 5.59. The number of nitrogens with one attached hydrogen (secondary N) is 1. The highest BCUT2D eigenvalue weighted by Crippen LogP contribution is 2.34. The minimum Gasteiger partial charge on any atom is -0.328 e. The van der Waals surface area contributed by atoms with Crippen LogP contribution < -0.4 is 5.32 Å². The van der Waals surface area contributed by atoms with Crippen LogP contribution in [0.1, 0.15) is 29.5 Å². The van der Waals surface area contributed by atoms with Crippen molar-refractivity contribution in [1.82, 2.24) is 0 Å². The Labute approximate surface area is 128 Å². The fraction of sp³-hybridized carbons (Fsp3) is 0.188. The normalized spacial score (nSPS) is 12.0. The summed E-state index contributed by atoms with van der Waals surface area (Å²) in [6.45, 7) is 4.13. The highest BCUT2D eigenvalue weighted by molar-refractivity contribution is 6.31. The molecule has 0 radical (unpaired) electrons. The quantitative estimate of drug-likeness (QED) is 0.789. The molecule has 0 saturated heterocycles. The second-order valence-electron chi connectivity index (χ2n) is 4.72. The predicted molar refractivity (Wildman–Crippen MR) is 84.8 cm³/mol. The van der Waals surface area contributed by atoms with Gasteiger partial charge in [-0.25, -0.2) is 0 Å². The van der Waals surface area contributed by atoms with Crippen LogP contribution in [0.15, 0.2) is 36.4 Å². The van der Waals surface area contributed by atoms with E-state index in [4.69, 9.17) is 23.2 Å². The number of carbonyl (C=O) groups excluding carboxylic acids is 1. The Hall–Kier alpha value is -1.51. The summed E-state index contributed by atoms with van der Waals surface area (Å²) in [5.74, 6) is 0.105. The lowest BCUT2D eigenvalue weighted by Gasteiger charge is -2.19. The Morgan fingerprint density at radius 1 is 1.05 bits per heavy atom. The molecule has 0 fully saturated rings. The molecule has 2 aromatic carbocycles. The summed E-state index contributed by atoms with van der Waals surface area (Å²) < 4.78 is 0. The maximum absolute atomic E-state index is 10.7. The van der Waals surface area contributed by atoms with E-state index < -0.39 is 0 Å². The SMILES string of the molecule is Cc1ccc(Cl)cc1C(C)c1ccc(Cl)cc1NC=O. The van der Waals surface area contributed by atoms with Gasteiger partial charge in [0, 0.05) is 21.7 Å². The van der Waals surface area contributed by atoms with Crippen molar-refractivity contribution in [3.8, 4) is 0 Å². The van der Waals surface area contributed by atoms with E-state index in [0.717, 1.165) is 22.4 Å². The third-order valence-electron chi connectivity index (χ3n) is 3.40. The zero-order valence-corrected chi connectivity index (χ0v) is 12.8. The van der Waals surface area contributed by atoms with Crippen LogP contribution in [0.4, 0.5) is 5.69 Å². The van der Waals surface area contributed by atoms with E-state index in [2.05, 4.69) is 12.2 Å². The first-order chi connectivity index (χ1) is 9.52. The minimum atomic E-state index is 0.105. The molecular weight excluding hydrogens is 293 g/mol. The Bertz CT molecular complexity index is 640. The second kappa shape index (κ2) is 6.29. The maximum Gasteiger partial charge on any atom is 0.211 e. The van der Waals surface area contributed by atoms with Gasteiger partial charge in [-0.1, -0.05) is 42.3 Å². The summed E-state index contributed by atoms with van der Waals surface area (Å²) in [5.41, 5.74) is 4.02. The Kier molecular flexibility index (Phi) is 4.69. The Morgan fingerprint density at radius 3 is 2.40 bits per heavy atom. The number of rotatable bonds is 4. The lowest BCUT2D eigenvalue weighted by atomic mass is 9.89. The zero-order chi connectivity index (χ0) is 14.7. The lowest BCUT2D eigenvalue weighted by Crippen LogP contribution is -2.04. The number of hydrogen-bond donors (Lipinski definition) is 1. The average molecular weight is 308 g/mol. The van der Waals surface area contributed by atoms with E-state index in [1.165, 1.54) is 0 Å². The molecule has 1 atom stereocenters. The molecule has 2 nitrogen and oxygen atoms in total. The van der Waals surface area contributed by atoms with Gasteiger partial charge in [0.05, 0.1) is 0 Å². The van der Waals surface area contributed by atoms with Crippen molar-refractivity contribution >= 4 is 35.3 Å². The molecular formula is C16H15Cl2NO. The third kappa shape index (κ3) is 3.14. The van der Waals surface area contributed by atoms with E-state index >= 15 is 0 Å². The number of carbonyl (C=O) groups is 1. The van der Waals surface area contributed by atoms with Gasteiger partial charge in [0.15, 0.2) is 0 Å². The van der Waals surface area contributed by atoms with Crippen LogP contribution in [0.3, 0.4) is 0 Å². The van der Waals surface area contributed by atoms with Crippen LogP contribution in [-0.4, -0.2) is 6.41 Å². The summed E-state index contributed by atoms with van der Waals surface area (Å²) in [6.07, 6.45) is 0.659. The summed E-state index contributed by atoms with van der Waals surface area (Å²) in [7, 11) is 0. The van der Waals surface area contributed by atoms with Crippen molar-refractivity contribution in [1.29, 1.82) is 0 Å². The first-order valence-corrected chi connectivity index (χ1v) is 7.04. The van der Waals surface area contributed by atoms with Gasteiger partial charge < -0.3 is 5.32 Å². The van der Waals surface area contributed by atoms with Gasteiger partial charge >= 0.3 is 0 Å². The van der Waals surface area contributed by atoms with Crippen LogP contribution in [0.25, 0.3) is 0 Å². The largest absolute Gasteiger partial charge is 0.328 e. The molecule has 20 heavy (non-hydrogen) atoms. The highest BCUT2D eigenvalue weighted by atomic mass is 35.5.